The van der Waals surface area contributed by atoms with Crippen molar-refractivity contribution in [2.75, 3.05) is 7.11 Å². The first-order valence-corrected chi connectivity index (χ1v) is 3.55. The molecule has 14 heavy (non-hydrogen) atoms. The molecule has 0 amide bonds. The number of nitrogens with two attached hydrogens (primary N) is 1. The summed E-state index contributed by atoms with van der Waals surface area (Å²) >= 11 is 0. The number of hydrogen-bond donors (Lipinski definition) is 1. The highest BCUT2D eigenvalue weighted by Gasteiger charge is 2.13. The first-order chi connectivity index (χ1) is 5.74. The molecule has 1 aromatic rings. The Labute approximate surface area is 94.4 Å². The first-order valence-electron chi connectivity index (χ1n) is 3.55. The van der Waals surface area contributed by atoms with Crippen LogP contribution >= 0.6 is 24.8 Å². The number of carbonyl (C=O) groups excluding carboxylic acids is 1. The van der Waals surface area contributed by atoms with Gasteiger partial charge in [-0.15, -0.1) is 24.8 Å². The lowest BCUT2D eigenvalue weighted by molar-refractivity contribution is -0.142. The molecule has 0 aliphatic heterocycles. The molecule has 2 N–H and O–H groups in total. The molecule has 5 nitrogen and oxygen atoms in total. The van der Waals surface area contributed by atoms with Crippen LogP contribution in [0.15, 0.2) is 18.5 Å². The minimum Gasteiger partial charge on any atom is -0.468 e. The fourth-order valence-electron chi connectivity index (χ4n) is 0.836. The third-order valence-corrected chi connectivity index (χ3v) is 1.45. The van der Waals surface area contributed by atoms with E-state index in [1.54, 1.807) is 23.1 Å². The summed E-state index contributed by atoms with van der Waals surface area (Å²) in [7, 11) is 1.31. The fraction of sp³-hybridized carbons (Fsp3) is 0.429. The van der Waals surface area contributed by atoms with Crippen LogP contribution in [0.4, 0.5) is 0 Å². The highest BCUT2D eigenvalue weighted by molar-refractivity contribution is 5.85. The van der Waals surface area contributed by atoms with Gasteiger partial charge in [-0.25, -0.2) is 0 Å². The number of aromatic nitrogens is 2. The van der Waals surface area contributed by atoms with Gasteiger partial charge in [0.15, 0.2) is 0 Å². The smallest absolute Gasteiger partial charge is 0.324 e. The normalized spacial score (nSPS) is 10.7. The number of methoxy groups -OCH3 is 1. The molecule has 0 saturated carbocycles. The number of nitrogens with zero attached hydrogens (tertiary/aromatic N) is 2. The Morgan fingerprint density at radius 2 is 2.29 bits per heavy atom. The van der Waals surface area contributed by atoms with Crippen LogP contribution in [0.25, 0.3) is 0 Å². The third kappa shape index (κ3) is 4.45. The van der Waals surface area contributed by atoms with Gasteiger partial charge in [-0.05, 0) is 6.07 Å². The SMILES string of the molecule is COC(=O)C(N)Cn1cccn1.Cl.Cl. The summed E-state index contributed by atoms with van der Waals surface area (Å²) in [5, 5.41) is 3.90. The maximum Gasteiger partial charge on any atom is 0.324 e. The fourth-order valence-corrected chi connectivity index (χ4v) is 0.836. The number of carbonyl (C=O) groups is 1. The zero-order valence-corrected chi connectivity index (χ0v) is 9.25. The van der Waals surface area contributed by atoms with Crippen LogP contribution < -0.4 is 5.73 Å². The molecule has 0 fully saturated rings. The van der Waals surface area contributed by atoms with Crippen molar-refractivity contribution in [1.29, 1.82) is 0 Å². The van der Waals surface area contributed by atoms with Crippen molar-refractivity contribution in [1.82, 2.24) is 9.78 Å². The van der Waals surface area contributed by atoms with Gasteiger partial charge in [0.2, 0.25) is 0 Å². The maximum absolute atomic E-state index is 10.8. The van der Waals surface area contributed by atoms with E-state index in [-0.39, 0.29) is 24.8 Å². The predicted molar refractivity (Wildman–Crippen MR) is 56.7 cm³/mol. The second kappa shape index (κ2) is 7.61. The Morgan fingerprint density at radius 1 is 1.64 bits per heavy atom. The number of rotatable bonds is 3. The molecule has 0 aliphatic rings. The minimum absolute atomic E-state index is 0. The Kier molecular flexibility index (Phi) is 8.52. The van der Waals surface area contributed by atoms with Gasteiger partial charge in [-0.3, -0.25) is 9.48 Å². The van der Waals surface area contributed by atoms with Crippen LogP contribution in [0.5, 0.6) is 0 Å². The molecular weight excluding hydrogens is 229 g/mol. The topological polar surface area (TPSA) is 70.1 Å². The maximum atomic E-state index is 10.8. The lowest BCUT2D eigenvalue weighted by Gasteiger charge is -2.08. The van der Waals surface area contributed by atoms with Crippen LogP contribution in [0.1, 0.15) is 0 Å². The van der Waals surface area contributed by atoms with Crippen molar-refractivity contribution in [3.8, 4) is 0 Å². The average molecular weight is 242 g/mol. The molecule has 1 rings (SSSR count). The molecule has 1 heterocycles. The van der Waals surface area contributed by atoms with Crippen molar-refractivity contribution < 1.29 is 9.53 Å². The predicted octanol–water partition coefficient (Wildman–Crippen LogP) is 0.227. The Morgan fingerprint density at radius 3 is 2.71 bits per heavy atom. The molecule has 1 unspecified atom stereocenters. The highest BCUT2D eigenvalue weighted by Crippen LogP contribution is 1.90. The Bertz CT molecular complexity index is 253. The summed E-state index contributed by atoms with van der Waals surface area (Å²) in [5.74, 6) is -0.425. The average Bonchev–Trinajstić information content (AvgIpc) is 2.55. The molecule has 1 aromatic heterocycles. The van der Waals surface area contributed by atoms with Gasteiger partial charge in [0, 0.05) is 12.4 Å². The van der Waals surface area contributed by atoms with Gasteiger partial charge in [0.05, 0.1) is 13.7 Å². The van der Waals surface area contributed by atoms with Crippen LogP contribution in [-0.2, 0) is 16.1 Å². The summed E-state index contributed by atoms with van der Waals surface area (Å²) in [6.45, 7) is 0.347. The standard InChI is InChI=1S/C7H11N3O2.2ClH/c1-12-7(11)6(8)5-10-4-2-3-9-10;;/h2-4,6H,5,8H2,1H3;2*1H. The van der Waals surface area contributed by atoms with Gasteiger partial charge < -0.3 is 10.5 Å². The van der Waals surface area contributed by atoms with Gasteiger partial charge in [-0.2, -0.15) is 5.10 Å². The molecule has 0 aromatic carbocycles. The van der Waals surface area contributed by atoms with Gasteiger partial charge in [-0.1, -0.05) is 0 Å². The summed E-state index contributed by atoms with van der Waals surface area (Å²) < 4.78 is 6.04. The number of hydrogen-bond acceptors (Lipinski definition) is 4. The Hall–Kier alpha value is -0.780. The van der Waals surface area contributed by atoms with E-state index in [1.807, 2.05) is 0 Å². The van der Waals surface area contributed by atoms with E-state index >= 15 is 0 Å². The van der Waals surface area contributed by atoms with Crippen LogP contribution in [0, 0.1) is 0 Å². The molecule has 82 valence electrons. The van der Waals surface area contributed by atoms with Gasteiger partial charge >= 0.3 is 5.97 Å². The Balaban J connectivity index is 0. The molecule has 0 spiro atoms. The summed E-state index contributed by atoms with van der Waals surface area (Å²) in [5.41, 5.74) is 5.48. The molecule has 0 aliphatic carbocycles. The van der Waals surface area contributed by atoms with Crippen molar-refractivity contribution >= 4 is 30.8 Å². The molecule has 0 radical (unpaired) electrons. The molecule has 7 heteroatoms. The second-order valence-corrected chi connectivity index (χ2v) is 2.36. The van der Waals surface area contributed by atoms with E-state index in [9.17, 15) is 4.79 Å². The van der Waals surface area contributed by atoms with Gasteiger partial charge in [0.1, 0.15) is 6.04 Å². The minimum atomic E-state index is -0.644. The number of esters is 1. The number of halogens is 2. The van der Waals surface area contributed by atoms with Crippen LogP contribution in [-0.4, -0.2) is 28.9 Å². The second-order valence-electron chi connectivity index (χ2n) is 2.36. The zero-order valence-electron chi connectivity index (χ0n) is 7.62. The van der Waals surface area contributed by atoms with Crippen LogP contribution in [0.3, 0.4) is 0 Å². The molecular formula is C7H13Cl2N3O2. The van der Waals surface area contributed by atoms with Crippen molar-refractivity contribution in [3.05, 3.63) is 18.5 Å². The quantitative estimate of drug-likeness (QED) is 0.770. The lowest BCUT2D eigenvalue weighted by Crippen LogP contribution is -2.35. The zero-order chi connectivity index (χ0) is 8.97. The van der Waals surface area contributed by atoms with Crippen molar-refractivity contribution in [3.63, 3.8) is 0 Å². The monoisotopic (exact) mass is 241 g/mol. The lowest BCUT2D eigenvalue weighted by atomic mass is 10.3. The molecule has 1 atom stereocenters. The largest absolute Gasteiger partial charge is 0.468 e. The van der Waals surface area contributed by atoms with Crippen LogP contribution in [0.2, 0.25) is 0 Å². The highest BCUT2D eigenvalue weighted by atomic mass is 35.5. The van der Waals surface area contributed by atoms with Crippen molar-refractivity contribution in [2.24, 2.45) is 5.73 Å². The van der Waals surface area contributed by atoms with E-state index in [4.69, 9.17) is 5.73 Å². The van der Waals surface area contributed by atoms with E-state index in [0.29, 0.717) is 6.54 Å². The number of ether oxygens (including phenoxy) is 1. The van der Waals surface area contributed by atoms with E-state index in [2.05, 4.69) is 9.84 Å². The third-order valence-electron chi connectivity index (χ3n) is 1.45. The van der Waals surface area contributed by atoms with E-state index in [1.165, 1.54) is 7.11 Å². The van der Waals surface area contributed by atoms with E-state index < -0.39 is 12.0 Å². The summed E-state index contributed by atoms with van der Waals surface area (Å²) in [4.78, 5) is 10.8. The molecule has 0 bridgehead atoms. The molecule has 0 saturated heterocycles. The van der Waals surface area contributed by atoms with Gasteiger partial charge in [0.25, 0.3) is 0 Å². The summed E-state index contributed by atoms with van der Waals surface area (Å²) in [6, 6.07) is 1.12. The van der Waals surface area contributed by atoms with Crippen molar-refractivity contribution in [2.45, 2.75) is 12.6 Å². The summed E-state index contributed by atoms with van der Waals surface area (Å²) in [6.07, 6.45) is 3.37. The first kappa shape index (κ1) is 15.7. The van der Waals surface area contributed by atoms with E-state index in [0.717, 1.165) is 0 Å².